The normalized spacial score (nSPS) is 12.3. The summed E-state index contributed by atoms with van der Waals surface area (Å²) in [6.07, 6.45) is 2.24. The van der Waals surface area contributed by atoms with Crippen LogP contribution in [0.2, 0.25) is 0 Å². The number of rotatable bonds is 6. The second-order valence-corrected chi connectivity index (χ2v) is 4.90. The Morgan fingerprint density at radius 2 is 1.63 bits per heavy atom. The molecule has 0 fully saturated rings. The molecule has 0 aromatic heterocycles. The molecule has 2 rings (SSSR count). The average Bonchev–Trinajstić information content (AvgIpc) is 2.49. The van der Waals surface area contributed by atoms with Crippen LogP contribution in [-0.4, -0.2) is 6.54 Å². The lowest BCUT2D eigenvalue weighted by Gasteiger charge is -2.20. The number of hydrogen-bond acceptors (Lipinski definition) is 1. The van der Waals surface area contributed by atoms with E-state index in [9.17, 15) is 0 Å². The zero-order valence-corrected chi connectivity index (χ0v) is 11.9. The molecule has 1 unspecified atom stereocenters. The summed E-state index contributed by atoms with van der Waals surface area (Å²) in [4.78, 5) is 0. The molecule has 1 heteroatoms. The van der Waals surface area contributed by atoms with Crippen molar-refractivity contribution in [3.8, 4) is 0 Å². The third-order valence-electron chi connectivity index (χ3n) is 3.42. The molecule has 0 heterocycles. The number of aryl methyl sites for hydroxylation is 1. The lowest BCUT2D eigenvalue weighted by Crippen LogP contribution is -2.23. The first-order valence-electron chi connectivity index (χ1n) is 7.22. The van der Waals surface area contributed by atoms with Crippen LogP contribution in [0.3, 0.4) is 0 Å². The van der Waals surface area contributed by atoms with E-state index in [1.165, 1.54) is 16.7 Å². The third-order valence-corrected chi connectivity index (χ3v) is 3.42. The Bertz CT molecular complexity index is 490. The van der Waals surface area contributed by atoms with Crippen molar-refractivity contribution in [2.75, 3.05) is 6.54 Å². The molecular formula is C18H23N. The maximum absolute atomic E-state index is 3.65. The lowest BCUT2D eigenvalue weighted by molar-refractivity contribution is 0.598. The molecule has 2 aromatic rings. The monoisotopic (exact) mass is 253 g/mol. The average molecular weight is 253 g/mol. The van der Waals surface area contributed by atoms with Crippen LogP contribution >= 0.6 is 0 Å². The smallest absolute Gasteiger partial charge is 0.0576 e. The fourth-order valence-corrected chi connectivity index (χ4v) is 2.35. The zero-order chi connectivity index (χ0) is 13.5. The predicted octanol–water partition coefficient (Wildman–Crippen LogP) is 4.34. The van der Waals surface area contributed by atoms with Crippen LogP contribution < -0.4 is 5.32 Å². The van der Waals surface area contributed by atoms with Crippen molar-refractivity contribution in [1.82, 2.24) is 5.32 Å². The van der Waals surface area contributed by atoms with Crippen molar-refractivity contribution < 1.29 is 0 Å². The maximum Gasteiger partial charge on any atom is 0.0576 e. The Labute approximate surface area is 116 Å². The molecule has 0 saturated heterocycles. The molecule has 1 N–H and O–H groups in total. The van der Waals surface area contributed by atoms with E-state index in [1.54, 1.807) is 0 Å². The first kappa shape index (κ1) is 13.8. The van der Waals surface area contributed by atoms with Gasteiger partial charge in [-0.05, 0) is 36.1 Å². The number of nitrogens with one attached hydrogen (secondary N) is 1. The summed E-state index contributed by atoms with van der Waals surface area (Å²) in [5, 5.41) is 3.65. The van der Waals surface area contributed by atoms with Crippen LogP contribution in [0, 0.1) is 0 Å². The second-order valence-electron chi connectivity index (χ2n) is 4.90. The highest BCUT2D eigenvalue weighted by Crippen LogP contribution is 2.23. The fourth-order valence-electron chi connectivity index (χ4n) is 2.35. The van der Waals surface area contributed by atoms with Crippen molar-refractivity contribution >= 4 is 0 Å². The van der Waals surface area contributed by atoms with Crippen molar-refractivity contribution in [3.05, 3.63) is 71.3 Å². The molecule has 0 spiro atoms. The fraction of sp³-hybridized carbons (Fsp3) is 0.333. The van der Waals surface area contributed by atoms with Gasteiger partial charge >= 0.3 is 0 Å². The summed E-state index contributed by atoms with van der Waals surface area (Å²) in [7, 11) is 0. The summed E-state index contributed by atoms with van der Waals surface area (Å²) in [6.45, 7) is 5.45. The van der Waals surface area contributed by atoms with Crippen molar-refractivity contribution in [2.24, 2.45) is 0 Å². The van der Waals surface area contributed by atoms with E-state index < -0.39 is 0 Å². The lowest BCUT2D eigenvalue weighted by atomic mass is 9.96. The van der Waals surface area contributed by atoms with E-state index in [-0.39, 0.29) is 0 Å². The molecule has 0 radical (unpaired) electrons. The first-order valence-corrected chi connectivity index (χ1v) is 7.22. The molecule has 100 valence electrons. The highest BCUT2D eigenvalue weighted by Gasteiger charge is 2.12. The van der Waals surface area contributed by atoms with E-state index in [2.05, 4.69) is 73.8 Å². The van der Waals surface area contributed by atoms with Crippen molar-refractivity contribution in [1.29, 1.82) is 0 Å². The van der Waals surface area contributed by atoms with Crippen LogP contribution in [-0.2, 0) is 6.42 Å². The Hall–Kier alpha value is -1.60. The van der Waals surface area contributed by atoms with Crippen LogP contribution in [0.4, 0.5) is 0 Å². The highest BCUT2D eigenvalue weighted by molar-refractivity contribution is 5.34. The molecular weight excluding hydrogens is 230 g/mol. The molecule has 0 amide bonds. The SMILES string of the molecule is CCCNC(c1ccccc1)c1cccc(CC)c1. The van der Waals surface area contributed by atoms with Gasteiger partial charge in [0.05, 0.1) is 6.04 Å². The minimum absolute atomic E-state index is 0.299. The minimum atomic E-state index is 0.299. The van der Waals surface area contributed by atoms with Crippen LogP contribution in [0.5, 0.6) is 0 Å². The summed E-state index contributed by atoms with van der Waals surface area (Å²) in [6, 6.07) is 19.9. The maximum atomic E-state index is 3.65. The Morgan fingerprint density at radius 1 is 0.895 bits per heavy atom. The molecule has 1 nitrogen and oxygen atoms in total. The van der Waals surface area contributed by atoms with E-state index in [0.717, 1.165) is 19.4 Å². The van der Waals surface area contributed by atoms with Gasteiger partial charge in [-0.1, -0.05) is 68.4 Å². The van der Waals surface area contributed by atoms with Gasteiger partial charge in [-0.3, -0.25) is 0 Å². The Kier molecular flexibility index (Phi) is 5.17. The van der Waals surface area contributed by atoms with Gasteiger partial charge in [0.2, 0.25) is 0 Å². The van der Waals surface area contributed by atoms with Gasteiger partial charge in [-0.15, -0.1) is 0 Å². The van der Waals surface area contributed by atoms with Crippen molar-refractivity contribution in [2.45, 2.75) is 32.7 Å². The molecule has 0 saturated carbocycles. The Morgan fingerprint density at radius 3 is 2.32 bits per heavy atom. The van der Waals surface area contributed by atoms with Gasteiger partial charge in [0.1, 0.15) is 0 Å². The topological polar surface area (TPSA) is 12.0 Å². The molecule has 19 heavy (non-hydrogen) atoms. The van der Waals surface area contributed by atoms with E-state index in [4.69, 9.17) is 0 Å². The second kappa shape index (κ2) is 7.10. The van der Waals surface area contributed by atoms with Gasteiger partial charge in [0.25, 0.3) is 0 Å². The zero-order valence-electron chi connectivity index (χ0n) is 11.9. The van der Waals surface area contributed by atoms with E-state index in [1.807, 2.05) is 0 Å². The van der Waals surface area contributed by atoms with Crippen LogP contribution in [0.15, 0.2) is 54.6 Å². The first-order chi connectivity index (χ1) is 9.35. The van der Waals surface area contributed by atoms with Gasteiger partial charge in [-0.2, -0.15) is 0 Å². The molecule has 0 aliphatic heterocycles. The standard InChI is InChI=1S/C18H23N/c1-3-13-19-18(16-10-6-5-7-11-16)17-12-8-9-15(4-2)14-17/h5-12,14,18-19H,3-4,13H2,1-2H3. The molecule has 1 atom stereocenters. The van der Waals surface area contributed by atoms with Crippen LogP contribution in [0.25, 0.3) is 0 Å². The van der Waals surface area contributed by atoms with Gasteiger partial charge < -0.3 is 5.32 Å². The summed E-state index contributed by atoms with van der Waals surface area (Å²) >= 11 is 0. The third kappa shape index (κ3) is 3.68. The molecule has 0 bridgehead atoms. The molecule has 0 aliphatic carbocycles. The van der Waals surface area contributed by atoms with E-state index >= 15 is 0 Å². The van der Waals surface area contributed by atoms with Crippen molar-refractivity contribution in [3.63, 3.8) is 0 Å². The van der Waals surface area contributed by atoms with Gasteiger partial charge in [-0.25, -0.2) is 0 Å². The summed E-state index contributed by atoms with van der Waals surface area (Å²) < 4.78 is 0. The largest absolute Gasteiger partial charge is 0.306 e. The number of hydrogen-bond donors (Lipinski definition) is 1. The quantitative estimate of drug-likeness (QED) is 0.807. The summed E-state index contributed by atoms with van der Waals surface area (Å²) in [5.41, 5.74) is 4.10. The van der Waals surface area contributed by atoms with Gasteiger partial charge in [0.15, 0.2) is 0 Å². The highest BCUT2D eigenvalue weighted by atomic mass is 14.9. The Balaban J connectivity index is 2.31. The van der Waals surface area contributed by atoms with Crippen LogP contribution in [0.1, 0.15) is 43.0 Å². The predicted molar refractivity (Wildman–Crippen MR) is 82.4 cm³/mol. The molecule has 0 aliphatic rings. The minimum Gasteiger partial charge on any atom is -0.306 e. The summed E-state index contributed by atoms with van der Waals surface area (Å²) in [5.74, 6) is 0. The number of benzene rings is 2. The molecule has 2 aromatic carbocycles. The van der Waals surface area contributed by atoms with E-state index in [0.29, 0.717) is 6.04 Å². The van der Waals surface area contributed by atoms with Gasteiger partial charge in [0, 0.05) is 0 Å².